The predicted octanol–water partition coefficient (Wildman–Crippen LogP) is 1.82. The number of rotatable bonds is 3. The maximum Gasteiger partial charge on any atom is 0.241 e. The van der Waals surface area contributed by atoms with E-state index in [0.717, 1.165) is 25.9 Å². The molecule has 0 radical (unpaired) electrons. The number of nitrogens with one attached hydrogen (secondary N) is 1. The summed E-state index contributed by atoms with van der Waals surface area (Å²) in [4.78, 5) is 12.7. The van der Waals surface area contributed by atoms with Crippen molar-refractivity contribution in [2.75, 3.05) is 6.61 Å². The highest BCUT2D eigenvalue weighted by Gasteiger charge is 2.70. The molecule has 4 nitrogen and oxygen atoms in total. The third-order valence-electron chi connectivity index (χ3n) is 5.40. The fraction of sp³-hybridized carbons (Fsp3) is 0.933. The summed E-state index contributed by atoms with van der Waals surface area (Å²) in [5, 5.41) is 3.12. The molecule has 1 saturated heterocycles. The molecule has 0 aromatic carbocycles. The summed E-state index contributed by atoms with van der Waals surface area (Å²) >= 11 is 0. The molecule has 3 unspecified atom stereocenters. The number of carbonyl (C=O) groups excluding carboxylic acids is 1. The summed E-state index contributed by atoms with van der Waals surface area (Å²) < 4.78 is 5.83. The third kappa shape index (κ3) is 2.00. The molecule has 3 N–H and O–H groups in total. The molecule has 1 amide bonds. The van der Waals surface area contributed by atoms with E-state index in [0.29, 0.717) is 0 Å². The van der Waals surface area contributed by atoms with Crippen LogP contribution in [0.25, 0.3) is 0 Å². The Bertz CT molecular complexity index is 378. The van der Waals surface area contributed by atoms with Gasteiger partial charge in [-0.15, -0.1) is 0 Å². The van der Waals surface area contributed by atoms with Crippen LogP contribution in [0.5, 0.6) is 0 Å². The van der Waals surface area contributed by atoms with E-state index in [9.17, 15) is 4.79 Å². The molecule has 1 aliphatic heterocycles. The van der Waals surface area contributed by atoms with E-state index < -0.39 is 5.54 Å². The molecule has 2 aliphatic rings. The van der Waals surface area contributed by atoms with Gasteiger partial charge in [-0.25, -0.2) is 0 Å². The van der Waals surface area contributed by atoms with Crippen molar-refractivity contribution in [3.05, 3.63) is 0 Å². The molecule has 0 aromatic heterocycles. The van der Waals surface area contributed by atoms with Crippen LogP contribution in [0.15, 0.2) is 0 Å². The molecule has 4 heteroatoms. The molecule has 1 aliphatic carbocycles. The third-order valence-corrected chi connectivity index (χ3v) is 5.40. The van der Waals surface area contributed by atoms with Gasteiger partial charge in [-0.1, -0.05) is 20.8 Å². The normalized spacial score (nSPS) is 37.2. The fourth-order valence-electron chi connectivity index (χ4n) is 3.54. The van der Waals surface area contributed by atoms with Crippen LogP contribution in [0.4, 0.5) is 0 Å². The molecule has 19 heavy (non-hydrogen) atoms. The fourth-order valence-corrected chi connectivity index (χ4v) is 3.54. The first-order valence-electron chi connectivity index (χ1n) is 7.40. The highest BCUT2D eigenvalue weighted by atomic mass is 16.5. The summed E-state index contributed by atoms with van der Waals surface area (Å²) in [6, 6.07) is 0. The lowest BCUT2D eigenvalue weighted by Crippen LogP contribution is -2.83. The molecule has 2 rings (SSSR count). The summed E-state index contributed by atoms with van der Waals surface area (Å²) in [6.07, 6.45) is 3.01. The van der Waals surface area contributed by atoms with Crippen LogP contribution < -0.4 is 11.1 Å². The van der Waals surface area contributed by atoms with Crippen molar-refractivity contribution in [2.45, 2.75) is 71.1 Å². The van der Waals surface area contributed by atoms with Crippen molar-refractivity contribution in [1.29, 1.82) is 0 Å². The number of carbonyl (C=O) groups is 1. The van der Waals surface area contributed by atoms with Gasteiger partial charge in [-0.3, -0.25) is 4.79 Å². The molecular weight excluding hydrogens is 240 g/mol. The van der Waals surface area contributed by atoms with Gasteiger partial charge >= 0.3 is 0 Å². The monoisotopic (exact) mass is 268 g/mol. The number of hydrogen-bond donors (Lipinski definition) is 2. The van der Waals surface area contributed by atoms with E-state index in [2.05, 4.69) is 26.1 Å². The van der Waals surface area contributed by atoms with Crippen molar-refractivity contribution in [2.24, 2.45) is 17.1 Å². The highest BCUT2D eigenvalue weighted by Crippen LogP contribution is 2.57. The molecule has 0 bridgehead atoms. The Morgan fingerprint density at radius 3 is 2.68 bits per heavy atom. The van der Waals surface area contributed by atoms with Crippen LogP contribution in [0.2, 0.25) is 0 Å². The molecule has 1 saturated carbocycles. The molecule has 0 spiro atoms. The zero-order valence-corrected chi connectivity index (χ0v) is 12.9. The van der Waals surface area contributed by atoms with Gasteiger partial charge in [0.1, 0.15) is 5.54 Å². The van der Waals surface area contributed by atoms with E-state index in [1.54, 1.807) is 0 Å². The first kappa shape index (κ1) is 14.8. The summed E-state index contributed by atoms with van der Waals surface area (Å²) in [6.45, 7) is 11.0. The summed E-state index contributed by atoms with van der Waals surface area (Å²) in [5.41, 5.74) is 5.24. The van der Waals surface area contributed by atoms with Crippen LogP contribution in [-0.2, 0) is 9.53 Å². The molecule has 110 valence electrons. The lowest BCUT2D eigenvalue weighted by molar-refractivity contribution is -0.225. The Labute approximate surface area is 116 Å². The van der Waals surface area contributed by atoms with Crippen molar-refractivity contribution in [3.63, 3.8) is 0 Å². The van der Waals surface area contributed by atoms with Gasteiger partial charge in [0.05, 0.1) is 6.10 Å². The number of amides is 1. The van der Waals surface area contributed by atoms with Gasteiger partial charge in [0.2, 0.25) is 5.91 Å². The summed E-state index contributed by atoms with van der Waals surface area (Å²) in [5.74, 6) is 0.139. The van der Waals surface area contributed by atoms with Gasteiger partial charge < -0.3 is 15.8 Å². The number of hydrogen-bond acceptors (Lipinski definition) is 3. The second-order valence-electron chi connectivity index (χ2n) is 7.32. The maximum absolute atomic E-state index is 12.7. The van der Waals surface area contributed by atoms with E-state index in [1.807, 2.05) is 13.8 Å². The largest absolute Gasteiger partial charge is 0.377 e. The van der Waals surface area contributed by atoms with Crippen LogP contribution in [-0.4, -0.2) is 29.7 Å². The quantitative estimate of drug-likeness (QED) is 0.820. The molecule has 1 heterocycles. The Kier molecular flexibility index (Phi) is 3.47. The average molecular weight is 268 g/mol. The first-order valence-corrected chi connectivity index (χ1v) is 7.40. The number of nitrogens with two attached hydrogens (primary N) is 1. The summed E-state index contributed by atoms with van der Waals surface area (Å²) in [7, 11) is 0. The Morgan fingerprint density at radius 1 is 1.47 bits per heavy atom. The predicted molar refractivity (Wildman–Crippen MR) is 75.7 cm³/mol. The topological polar surface area (TPSA) is 64.4 Å². The Morgan fingerprint density at radius 2 is 2.11 bits per heavy atom. The number of fused-ring (bicyclic) bond motifs is 1. The highest BCUT2D eigenvalue weighted by molar-refractivity contribution is 5.90. The zero-order valence-electron chi connectivity index (χ0n) is 12.9. The minimum atomic E-state index is -0.801. The van der Waals surface area contributed by atoms with E-state index >= 15 is 0 Å². The SMILES string of the molecule is CCC(C)(C)NC(=O)C1(N)C2CCCOC2C1(C)C. The maximum atomic E-state index is 12.7. The minimum Gasteiger partial charge on any atom is -0.377 e. The first-order chi connectivity index (χ1) is 8.67. The molecular formula is C15H28N2O2. The van der Waals surface area contributed by atoms with Crippen LogP contribution in [0, 0.1) is 11.3 Å². The van der Waals surface area contributed by atoms with Crippen molar-refractivity contribution >= 4 is 5.91 Å². The van der Waals surface area contributed by atoms with Gasteiger partial charge in [0.15, 0.2) is 0 Å². The Hall–Kier alpha value is -0.610. The van der Waals surface area contributed by atoms with Crippen LogP contribution in [0.3, 0.4) is 0 Å². The zero-order chi connectivity index (χ0) is 14.5. The van der Waals surface area contributed by atoms with E-state index in [-0.39, 0.29) is 28.9 Å². The second-order valence-corrected chi connectivity index (χ2v) is 7.32. The van der Waals surface area contributed by atoms with Crippen molar-refractivity contribution < 1.29 is 9.53 Å². The van der Waals surface area contributed by atoms with Crippen molar-refractivity contribution in [1.82, 2.24) is 5.32 Å². The average Bonchev–Trinajstić information content (AvgIpc) is 2.37. The minimum absolute atomic E-state index is 0.0175. The van der Waals surface area contributed by atoms with Crippen LogP contribution in [0.1, 0.15) is 53.9 Å². The lowest BCUT2D eigenvalue weighted by atomic mass is 9.46. The van der Waals surface area contributed by atoms with Gasteiger partial charge in [0.25, 0.3) is 0 Å². The van der Waals surface area contributed by atoms with Gasteiger partial charge in [-0.2, -0.15) is 0 Å². The molecule has 3 atom stereocenters. The van der Waals surface area contributed by atoms with E-state index in [4.69, 9.17) is 10.5 Å². The lowest BCUT2D eigenvalue weighted by Gasteiger charge is -2.65. The standard InChI is InChI=1S/C15H28N2O2/c1-6-13(2,3)17-12(18)15(16)10-8-7-9-19-11(10)14(15,4)5/h10-11H,6-9,16H2,1-5H3,(H,17,18). The number of ether oxygens (including phenoxy) is 1. The Balaban J connectivity index is 2.19. The van der Waals surface area contributed by atoms with Gasteiger partial charge in [-0.05, 0) is 33.1 Å². The van der Waals surface area contributed by atoms with Crippen molar-refractivity contribution in [3.8, 4) is 0 Å². The second kappa shape index (κ2) is 4.45. The smallest absolute Gasteiger partial charge is 0.241 e. The van der Waals surface area contributed by atoms with Gasteiger partial charge in [0, 0.05) is 23.5 Å². The molecule has 0 aromatic rings. The molecule has 2 fully saturated rings. The van der Waals surface area contributed by atoms with E-state index in [1.165, 1.54) is 0 Å². The van der Waals surface area contributed by atoms with Crippen LogP contribution >= 0.6 is 0 Å².